The van der Waals surface area contributed by atoms with Crippen LogP contribution < -0.4 is 5.32 Å². The highest BCUT2D eigenvalue weighted by Crippen LogP contribution is 2.30. The molecule has 0 aliphatic heterocycles. The fourth-order valence-electron chi connectivity index (χ4n) is 1.76. The summed E-state index contributed by atoms with van der Waals surface area (Å²) < 4.78 is 1.20. The van der Waals surface area contributed by atoms with Crippen LogP contribution in [0.25, 0.3) is 0 Å². The smallest absolute Gasteiger partial charge is 0.261 e. The second kappa shape index (κ2) is 6.96. The number of hydrogen-bond donors (Lipinski definition) is 1. The zero-order valence-corrected chi connectivity index (χ0v) is 14.5. The van der Waals surface area contributed by atoms with Crippen LogP contribution in [0.3, 0.4) is 0 Å². The Labute approximate surface area is 126 Å². The standard InChI is InChI=1S/C13H20BrNOS2/c1-5-13(6-2,17-4)8-15-12(16)10-7-9(3)11(14)18-10/h7H,5-6,8H2,1-4H3,(H,15,16). The molecule has 0 saturated heterocycles. The largest absolute Gasteiger partial charge is 0.350 e. The van der Waals surface area contributed by atoms with Crippen LogP contribution in [-0.2, 0) is 0 Å². The van der Waals surface area contributed by atoms with E-state index >= 15 is 0 Å². The highest BCUT2D eigenvalue weighted by atomic mass is 79.9. The quantitative estimate of drug-likeness (QED) is 0.820. The van der Waals surface area contributed by atoms with Gasteiger partial charge in [-0.2, -0.15) is 11.8 Å². The first-order valence-corrected chi connectivity index (χ1v) is 8.90. The lowest BCUT2D eigenvalue weighted by atomic mass is 10.0. The first-order chi connectivity index (χ1) is 8.48. The van der Waals surface area contributed by atoms with E-state index in [0.29, 0.717) is 0 Å². The molecule has 0 bridgehead atoms. The number of thioether (sulfide) groups is 1. The van der Waals surface area contributed by atoms with Crippen LogP contribution in [0.2, 0.25) is 0 Å². The van der Waals surface area contributed by atoms with Crippen LogP contribution in [0.15, 0.2) is 9.85 Å². The molecule has 1 N–H and O–H groups in total. The van der Waals surface area contributed by atoms with Crippen molar-refractivity contribution in [1.82, 2.24) is 5.32 Å². The third kappa shape index (κ3) is 3.75. The van der Waals surface area contributed by atoms with Gasteiger partial charge in [-0.25, -0.2) is 0 Å². The van der Waals surface area contributed by atoms with E-state index in [1.807, 2.05) is 24.8 Å². The van der Waals surface area contributed by atoms with Gasteiger partial charge in [0.1, 0.15) is 0 Å². The number of aryl methyl sites for hydroxylation is 1. The van der Waals surface area contributed by atoms with Crippen molar-refractivity contribution in [3.05, 3.63) is 20.3 Å². The Morgan fingerprint density at radius 2 is 2.11 bits per heavy atom. The first kappa shape index (κ1) is 16.1. The van der Waals surface area contributed by atoms with Crippen molar-refractivity contribution in [3.63, 3.8) is 0 Å². The third-order valence-electron chi connectivity index (χ3n) is 3.37. The fraction of sp³-hybridized carbons (Fsp3) is 0.615. The average Bonchev–Trinajstić information content (AvgIpc) is 2.72. The number of carbonyl (C=O) groups excluding carboxylic acids is 1. The Hall–Kier alpha value is -0.000000000000000111. The van der Waals surface area contributed by atoms with Crippen molar-refractivity contribution in [1.29, 1.82) is 0 Å². The number of halogens is 1. The number of rotatable bonds is 6. The minimum absolute atomic E-state index is 0.0362. The molecule has 1 aromatic heterocycles. The Balaban J connectivity index is 2.65. The minimum atomic E-state index is 0.0362. The van der Waals surface area contributed by atoms with Gasteiger partial charge in [0.25, 0.3) is 5.91 Å². The van der Waals surface area contributed by atoms with Crippen LogP contribution in [-0.4, -0.2) is 23.5 Å². The molecule has 0 aromatic carbocycles. The van der Waals surface area contributed by atoms with E-state index in [1.165, 1.54) is 11.3 Å². The summed E-state index contributed by atoms with van der Waals surface area (Å²) in [5.74, 6) is 0.0362. The van der Waals surface area contributed by atoms with Crippen molar-refractivity contribution in [3.8, 4) is 0 Å². The molecule has 0 aliphatic carbocycles. The predicted molar refractivity (Wildman–Crippen MR) is 85.9 cm³/mol. The number of thiophene rings is 1. The van der Waals surface area contributed by atoms with Gasteiger partial charge in [-0.05, 0) is 53.6 Å². The Bertz CT molecular complexity index is 385. The second-order valence-corrected chi connectivity index (χ2v) is 7.99. The molecule has 0 saturated carbocycles. The zero-order chi connectivity index (χ0) is 13.8. The van der Waals surface area contributed by atoms with Crippen molar-refractivity contribution < 1.29 is 4.79 Å². The maximum Gasteiger partial charge on any atom is 0.261 e. The molecule has 0 radical (unpaired) electrons. The predicted octanol–water partition coefficient (Wildman–Crippen LogP) is 4.47. The summed E-state index contributed by atoms with van der Waals surface area (Å²) in [6, 6.07) is 1.93. The van der Waals surface area contributed by atoms with Gasteiger partial charge in [0.05, 0.1) is 8.66 Å². The molecule has 1 aromatic rings. The summed E-state index contributed by atoms with van der Waals surface area (Å²) in [5, 5.41) is 3.06. The Morgan fingerprint density at radius 3 is 2.50 bits per heavy atom. The van der Waals surface area contributed by atoms with Crippen molar-refractivity contribution in [2.24, 2.45) is 0 Å². The summed E-state index contributed by atoms with van der Waals surface area (Å²) >= 11 is 6.79. The van der Waals surface area contributed by atoms with Crippen LogP contribution in [0.4, 0.5) is 0 Å². The minimum Gasteiger partial charge on any atom is -0.350 e. The molecule has 18 heavy (non-hydrogen) atoms. The molecule has 0 spiro atoms. The van der Waals surface area contributed by atoms with Crippen LogP contribution in [0.5, 0.6) is 0 Å². The van der Waals surface area contributed by atoms with E-state index in [1.54, 1.807) is 0 Å². The Kier molecular flexibility index (Phi) is 6.21. The normalized spacial score (nSPS) is 11.6. The summed E-state index contributed by atoms with van der Waals surface area (Å²) in [7, 11) is 0. The lowest BCUT2D eigenvalue weighted by Gasteiger charge is -2.29. The van der Waals surface area contributed by atoms with Crippen molar-refractivity contribution in [2.75, 3.05) is 12.8 Å². The number of carbonyl (C=O) groups is 1. The van der Waals surface area contributed by atoms with Crippen LogP contribution >= 0.6 is 39.0 Å². The molecular weight excluding hydrogens is 330 g/mol. The highest BCUT2D eigenvalue weighted by molar-refractivity contribution is 9.11. The Morgan fingerprint density at radius 1 is 1.50 bits per heavy atom. The van der Waals surface area contributed by atoms with Crippen molar-refractivity contribution in [2.45, 2.75) is 38.4 Å². The molecule has 102 valence electrons. The van der Waals surface area contributed by atoms with E-state index in [9.17, 15) is 4.79 Å². The molecule has 0 fully saturated rings. The molecule has 1 heterocycles. The van der Waals surface area contributed by atoms with Gasteiger partial charge in [-0.3, -0.25) is 4.79 Å². The summed E-state index contributed by atoms with van der Waals surface area (Å²) in [4.78, 5) is 12.9. The number of amides is 1. The number of hydrogen-bond acceptors (Lipinski definition) is 3. The SMILES string of the molecule is CCC(CC)(CNC(=O)c1cc(C)c(Br)s1)SC. The van der Waals surface area contributed by atoms with E-state index in [0.717, 1.165) is 33.6 Å². The van der Waals surface area contributed by atoms with Crippen LogP contribution in [0.1, 0.15) is 41.9 Å². The summed E-state index contributed by atoms with van der Waals surface area (Å²) in [5.41, 5.74) is 1.12. The molecule has 5 heteroatoms. The van der Waals surface area contributed by atoms with E-state index in [4.69, 9.17) is 0 Å². The van der Waals surface area contributed by atoms with Gasteiger partial charge in [-0.1, -0.05) is 13.8 Å². The van der Waals surface area contributed by atoms with Gasteiger partial charge < -0.3 is 5.32 Å². The molecule has 1 rings (SSSR count). The second-order valence-electron chi connectivity index (χ2n) is 4.34. The summed E-state index contributed by atoms with van der Waals surface area (Å²) in [6.07, 6.45) is 4.25. The maximum absolute atomic E-state index is 12.1. The third-order valence-corrected chi connectivity index (χ3v) is 7.10. The lowest BCUT2D eigenvalue weighted by Crippen LogP contribution is -2.39. The van der Waals surface area contributed by atoms with Gasteiger partial charge in [0.15, 0.2) is 0 Å². The lowest BCUT2D eigenvalue weighted by molar-refractivity contribution is 0.0953. The topological polar surface area (TPSA) is 29.1 Å². The molecule has 0 atom stereocenters. The van der Waals surface area contributed by atoms with E-state index in [2.05, 4.69) is 41.3 Å². The van der Waals surface area contributed by atoms with E-state index in [-0.39, 0.29) is 10.7 Å². The van der Waals surface area contributed by atoms with Crippen LogP contribution in [0, 0.1) is 6.92 Å². The monoisotopic (exact) mass is 349 g/mol. The van der Waals surface area contributed by atoms with E-state index < -0.39 is 0 Å². The molecule has 0 aliphatic rings. The summed E-state index contributed by atoms with van der Waals surface area (Å²) in [6.45, 7) is 7.09. The fourth-order valence-corrected chi connectivity index (χ4v) is 4.01. The van der Waals surface area contributed by atoms with Crippen molar-refractivity contribution >= 4 is 44.9 Å². The van der Waals surface area contributed by atoms with Gasteiger partial charge in [-0.15, -0.1) is 11.3 Å². The maximum atomic E-state index is 12.1. The molecule has 0 unspecified atom stereocenters. The van der Waals surface area contributed by atoms with Gasteiger partial charge in [0, 0.05) is 11.3 Å². The average molecular weight is 350 g/mol. The zero-order valence-electron chi connectivity index (χ0n) is 11.3. The molecular formula is C13H20BrNOS2. The number of nitrogens with one attached hydrogen (secondary N) is 1. The highest BCUT2D eigenvalue weighted by Gasteiger charge is 2.25. The van der Waals surface area contributed by atoms with Gasteiger partial charge in [0.2, 0.25) is 0 Å². The molecule has 2 nitrogen and oxygen atoms in total. The van der Waals surface area contributed by atoms with Gasteiger partial charge >= 0.3 is 0 Å². The molecule has 1 amide bonds. The first-order valence-electron chi connectivity index (χ1n) is 6.07.